The van der Waals surface area contributed by atoms with E-state index in [-0.39, 0.29) is 17.1 Å². The van der Waals surface area contributed by atoms with Crippen LogP contribution in [0.1, 0.15) is 43.0 Å². The van der Waals surface area contributed by atoms with Gasteiger partial charge in [-0.2, -0.15) is 10.2 Å². The molecule has 1 aliphatic carbocycles. The van der Waals surface area contributed by atoms with Crippen LogP contribution in [0.3, 0.4) is 0 Å². The zero-order valence-corrected chi connectivity index (χ0v) is 17.2. The number of nitrogens with zero attached hydrogens (tertiary/aromatic N) is 6. The summed E-state index contributed by atoms with van der Waals surface area (Å²) in [5.41, 5.74) is 4.40. The number of fused-ring (bicyclic) bond motifs is 2. The van der Waals surface area contributed by atoms with Crippen LogP contribution in [-0.2, 0) is 0 Å². The predicted octanol–water partition coefficient (Wildman–Crippen LogP) is 2.64. The molecular weight excluding hydrogens is 386 g/mol. The van der Waals surface area contributed by atoms with Gasteiger partial charge >= 0.3 is 0 Å². The molecule has 2 fully saturated rings. The quantitative estimate of drug-likeness (QED) is 0.549. The average molecular weight is 408 g/mol. The topological polar surface area (TPSA) is 90.0 Å². The molecule has 6 rings (SSSR count). The van der Waals surface area contributed by atoms with Gasteiger partial charge in [0.05, 0.1) is 24.1 Å². The van der Waals surface area contributed by atoms with Crippen LogP contribution in [0, 0.1) is 13.8 Å². The Balaban J connectivity index is 1.43. The molecule has 4 aromatic heterocycles. The van der Waals surface area contributed by atoms with Crippen LogP contribution < -0.4 is 10.9 Å². The molecule has 1 saturated carbocycles. The minimum atomic E-state index is -0.0368. The van der Waals surface area contributed by atoms with Crippen molar-refractivity contribution in [2.45, 2.75) is 51.1 Å². The number of hydrogen-bond donors (Lipinski definition) is 1. The number of rotatable bonds is 2. The summed E-state index contributed by atoms with van der Waals surface area (Å²) in [4.78, 5) is 22.4. The van der Waals surface area contributed by atoms with Crippen LogP contribution in [0.5, 0.6) is 0 Å². The Morgan fingerprint density at radius 2 is 2.14 bits per heavy atom. The van der Waals surface area contributed by atoms with Gasteiger partial charge in [0.25, 0.3) is 5.56 Å². The van der Waals surface area contributed by atoms with E-state index in [1.165, 1.54) is 24.2 Å². The molecule has 4 aromatic rings. The summed E-state index contributed by atoms with van der Waals surface area (Å²) in [5, 5.41) is 13.5. The molecule has 29 heavy (non-hydrogen) atoms. The third-order valence-electron chi connectivity index (χ3n) is 6.11. The molecule has 5 heterocycles. The van der Waals surface area contributed by atoms with E-state index >= 15 is 0 Å². The van der Waals surface area contributed by atoms with Gasteiger partial charge in [-0.3, -0.25) is 4.79 Å². The molecule has 1 N–H and O–H groups in total. The van der Waals surface area contributed by atoms with Gasteiger partial charge in [-0.1, -0.05) is 0 Å². The number of piperidine rings is 1. The minimum Gasteiger partial charge on any atom is -0.311 e. The first-order valence-electron chi connectivity index (χ1n) is 9.99. The van der Waals surface area contributed by atoms with Crippen molar-refractivity contribution in [1.29, 1.82) is 0 Å². The van der Waals surface area contributed by atoms with Crippen molar-refractivity contribution < 1.29 is 0 Å². The molecule has 8 nitrogen and oxygen atoms in total. The van der Waals surface area contributed by atoms with E-state index in [2.05, 4.69) is 25.5 Å². The van der Waals surface area contributed by atoms with Gasteiger partial charge in [-0.25, -0.2) is 19.2 Å². The molecule has 1 atom stereocenters. The van der Waals surface area contributed by atoms with Crippen molar-refractivity contribution in [3.8, 4) is 10.7 Å². The predicted molar refractivity (Wildman–Crippen MR) is 111 cm³/mol. The lowest BCUT2D eigenvalue weighted by atomic mass is 9.97. The van der Waals surface area contributed by atoms with E-state index in [1.807, 2.05) is 26.1 Å². The first-order valence-corrected chi connectivity index (χ1v) is 10.8. The highest BCUT2D eigenvalue weighted by Crippen LogP contribution is 2.45. The van der Waals surface area contributed by atoms with Crippen LogP contribution in [0.25, 0.3) is 26.6 Å². The van der Waals surface area contributed by atoms with Gasteiger partial charge in [0.1, 0.15) is 20.9 Å². The number of hydrogen-bond acceptors (Lipinski definition) is 7. The molecule has 1 unspecified atom stereocenters. The number of imidazole rings is 1. The lowest BCUT2D eigenvalue weighted by Gasteiger charge is -2.30. The fourth-order valence-corrected chi connectivity index (χ4v) is 5.36. The van der Waals surface area contributed by atoms with Crippen molar-refractivity contribution in [2.24, 2.45) is 0 Å². The van der Waals surface area contributed by atoms with E-state index in [1.54, 1.807) is 15.4 Å². The van der Waals surface area contributed by atoms with Crippen LogP contribution >= 0.6 is 11.3 Å². The normalized spacial score (nSPS) is 20.7. The molecule has 148 valence electrons. The smallest absolute Gasteiger partial charge is 0.286 e. The second kappa shape index (κ2) is 5.93. The highest BCUT2D eigenvalue weighted by Gasteiger charge is 2.46. The Bertz CT molecular complexity index is 1330. The van der Waals surface area contributed by atoms with Crippen molar-refractivity contribution in [3.05, 3.63) is 40.1 Å². The van der Waals surface area contributed by atoms with Crippen LogP contribution in [0.4, 0.5) is 0 Å². The largest absolute Gasteiger partial charge is 0.311 e. The highest BCUT2D eigenvalue weighted by atomic mass is 32.1. The van der Waals surface area contributed by atoms with E-state index in [0.717, 1.165) is 47.0 Å². The SMILES string of the molecule is Cc1cn2nc(-c3nc4cnn(C5CCNC6(CC6)C5)c(=O)c4s3)cc(C)c2n1. The first kappa shape index (κ1) is 17.2. The van der Waals surface area contributed by atoms with E-state index in [4.69, 9.17) is 0 Å². The Labute approximate surface area is 170 Å². The van der Waals surface area contributed by atoms with Crippen LogP contribution in [-0.4, -0.2) is 41.4 Å². The summed E-state index contributed by atoms with van der Waals surface area (Å²) in [6.45, 7) is 4.91. The Hall–Kier alpha value is -2.65. The second-order valence-corrected chi connectivity index (χ2v) is 9.34. The highest BCUT2D eigenvalue weighted by molar-refractivity contribution is 7.21. The van der Waals surface area contributed by atoms with Crippen molar-refractivity contribution in [1.82, 2.24) is 34.7 Å². The fourth-order valence-electron chi connectivity index (χ4n) is 4.43. The summed E-state index contributed by atoms with van der Waals surface area (Å²) in [7, 11) is 0. The van der Waals surface area contributed by atoms with Gasteiger partial charge in [-0.15, -0.1) is 11.3 Å². The molecular formula is C20H21N7OS. The molecule has 0 bridgehead atoms. The molecule has 0 radical (unpaired) electrons. The molecule has 0 amide bonds. The van der Waals surface area contributed by atoms with Gasteiger partial charge in [0.15, 0.2) is 5.65 Å². The van der Waals surface area contributed by atoms with E-state index in [9.17, 15) is 4.79 Å². The van der Waals surface area contributed by atoms with Crippen LogP contribution in [0.15, 0.2) is 23.3 Å². The van der Waals surface area contributed by atoms with Gasteiger partial charge in [-0.05, 0) is 57.7 Å². The third-order valence-corrected chi connectivity index (χ3v) is 7.19. The zero-order chi connectivity index (χ0) is 19.8. The van der Waals surface area contributed by atoms with Crippen molar-refractivity contribution in [3.63, 3.8) is 0 Å². The third kappa shape index (κ3) is 2.71. The maximum absolute atomic E-state index is 13.2. The summed E-state index contributed by atoms with van der Waals surface area (Å²) < 4.78 is 4.12. The maximum Gasteiger partial charge on any atom is 0.286 e. The number of nitrogens with one attached hydrogen (secondary N) is 1. The molecule has 1 aliphatic heterocycles. The average Bonchev–Trinajstić information content (AvgIpc) is 3.13. The molecule has 1 saturated heterocycles. The molecule has 1 spiro atoms. The number of aromatic nitrogens is 6. The van der Waals surface area contributed by atoms with Gasteiger partial charge < -0.3 is 5.32 Å². The van der Waals surface area contributed by atoms with Crippen molar-refractivity contribution in [2.75, 3.05) is 6.54 Å². The summed E-state index contributed by atoms with van der Waals surface area (Å²) in [6.07, 6.45) is 7.94. The zero-order valence-electron chi connectivity index (χ0n) is 16.3. The van der Waals surface area contributed by atoms with Crippen molar-refractivity contribution >= 4 is 27.2 Å². The Kier molecular flexibility index (Phi) is 3.52. The number of thiazole rings is 1. The molecule has 0 aromatic carbocycles. The monoisotopic (exact) mass is 407 g/mol. The Morgan fingerprint density at radius 1 is 1.28 bits per heavy atom. The lowest BCUT2D eigenvalue weighted by molar-refractivity contribution is 0.264. The summed E-state index contributed by atoms with van der Waals surface area (Å²) >= 11 is 1.40. The maximum atomic E-state index is 13.2. The molecule has 9 heteroatoms. The van der Waals surface area contributed by atoms with Gasteiger partial charge in [0, 0.05) is 5.54 Å². The van der Waals surface area contributed by atoms with Crippen LogP contribution in [0.2, 0.25) is 0 Å². The Morgan fingerprint density at radius 3 is 2.97 bits per heavy atom. The van der Waals surface area contributed by atoms with Gasteiger partial charge in [0.2, 0.25) is 0 Å². The van der Waals surface area contributed by atoms with E-state index < -0.39 is 0 Å². The summed E-state index contributed by atoms with van der Waals surface area (Å²) in [5.74, 6) is 0. The van der Waals surface area contributed by atoms with E-state index in [0.29, 0.717) is 10.2 Å². The minimum absolute atomic E-state index is 0.0368. The first-order chi connectivity index (χ1) is 14.0. The lowest BCUT2D eigenvalue weighted by Crippen LogP contribution is -2.43. The fraction of sp³-hybridized carbons (Fsp3) is 0.450. The standard InChI is InChI=1S/C20H21N7OS/c1-11-7-14(25-26-10-12(2)23-17(11)26)18-24-15-9-22-27(19(28)16(15)29-18)13-3-6-21-20(8-13)4-5-20/h7,9-10,13,21H,3-6,8H2,1-2H3. The second-order valence-electron chi connectivity index (χ2n) is 8.34. The number of aryl methyl sites for hydroxylation is 2. The summed E-state index contributed by atoms with van der Waals surface area (Å²) in [6, 6.07) is 2.14. The molecule has 2 aliphatic rings.